The fourth-order valence-corrected chi connectivity index (χ4v) is 3.64. The lowest BCUT2D eigenvalue weighted by molar-refractivity contribution is -0.565. The van der Waals surface area contributed by atoms with E-state index in [1.54, 1.807) is 31.2 Å². The Hall–Kier alpha value is -2.70. The van der Waals surface area contributed by atoms with E-state index < -0.39 is 22.0 Å². The summed E-state index contributed by atoms with van der Waals surface area (Å²) in [6.07, 6.45) is 0.136. The van der Waals surface area contributed by atoms with E-state index in [1.807, 2.05) is 19.9 Å². The standard InChI is InChI=1S/C18H20N2O5/c1-4-24-16(21)18-11-13(3)12(2)10-17(18,20(22)23)15(19-25-18)14-8-6-5-7-9-14/h5-9H,4,10-11H2,1-3H3/t17-,18-/m0/s1. The number of fused-ring (bicyclic) bond motifs is 1. The Morgan fingerprint density at radius 1 is 1.28 bits per heavy atom. The zero-order valence-corrected chi connectivity index (χ0v) is 14.4. The summed E-state index contributed by atoms with van der Waals surface area (Å²) < 4.78 is 5.16. The Bertz CT molecular complexity index is 786. The van der Waals surface area contributed by atoms with Crippen LogP contribution < -0.4 is 0 Å². The van der Waals surface area contributed by atoms with E-state index in [2.05, 4.69) is 5.16 Å². The highest BCUT2D eigenvalue weighted by Gasteiger charge is 2.77. The number of carbonyl (C=O) groups excluding carboxylic acids is 1. The van der Waals surface area contributed by atoms with Crippen LogP contribution in [0.25, 0.3) is 0 Å². The highest BCUT2D eigenvalue weighted by Crippen LogP contribution is 2.50. The molecule has 7 heteroatoms. The van der Waals surface area contributed by atoms with Crippen molar-refractivity contribution in [3.05, 3.63) is 57.2 Å². The second-order valence-electron chi connectivity index (χ2n) is 6.48. The minimum atomic E-state index is -1.80. The van der Waals surface area contributed by atoms with Crippen molar-refractivity contribution in [1.82, 2.24) is 0 Å². The predicted molar refractivity (Wildman–Crippen MR) is 90.8 cm³/mol. The maximum Gasteiger partial charge on any atom is 0.362 e. The lowest BCUT2D eigenvalue weighted by atomic mass is 9.64. The summed E-state index contributed by atoms with van der Waals surface area (Å²) in [6, 6.07) is 8.82. The largest absolute Gasteiger partial charge is 0.463 e. The second kappa shape index (κ2) is 5.98. The summed E-state index contributed by atoms with van der Waals surface area (Å²) in [5.41, 5.74) is -1.10. The Balaban J connectivity index is 2.24. The average molecular weight is 344 g/mol. The summed E-state index contributed by atoms with van der Waals surface area (Å²) in [5, 5.41) is 16.4. The number of benzene rings is 1. The molecule has 0 fully saturated rings. The monoisotopic (exact) mass is 344 g/mol. The maximum atomic E-state index is 12.8. The molecule has 0 radical (unpaired) electrons. The molecule has 0 bridgehead atoms. The summed E-state index contributed by atoms with van der Waals surface area (Å²) in [4.78, 5) is 30.2. The van der Waals surface area contributed by atoms with Gasteiger partial charge in [-0.15, -0.1) is 0 Å². The molecule has 0 amide bonds. The summed E-state index contributed by atoms with van der Waals surface area (Å²) in [6.45, 7) is 5.47. The van der Waals surface area contributed by atoms with Gasteiger partial charge in [-0.3, -0.25) is 10.1 Å². The SMILES string of the molecule is CCOC(=O)[C@@]12CC(C)=C(C)C[C@]1([N+](=O)[O-])C(c1ccccc1)=NO2. The minimum absolute atomic E-state index is 0.0539. The summed E-state index contributed by atoms with van der Waals surface area (Å²) in [7, 11) is 0. The number of esters is 1. The third-order valence-electron chi connectivity index (χ3n) is 5.08. The van der Waals surface area contributed by atoms with Gasteiger partial charge in [0.05, 0.1) is 13.0 Å². The van der Waals surface area contributed by atoms with E-state index in [0.717, 1.165) is 11.1 Å². The van der Waals surface area contributed by atoms with Crippen LogP contribution in [0.15, 0.2) is 46.6 Å². The number of hydrogen-bond acceptors (Lipinski definition) is 6. The molecular weight excluding hydrogens is 324 g/mol. The molecule has 1 aromatic rings. The molecule has 0 unspecified atom stereocenters. The van der Waals surface area contributed by atoms with Gasteiger partial charge in [-0.2, -0.15) is 0 Å². The fourth-order valence-electron chi connectivity index (χ4n) is 3.64. The van der Waals surface area contributed by atoms with E-state index in [1.165, 1.54) is 0 Å². The van der Waals surface area contributed by atoms with Crippen molar-refractivity contribution in [1.29, 1.82) is 0 Å². The van der Waals surface area contributed by atoms with E-state index in [-0.39, 0.29) is 25.2 Å². The van der Waals surface area contributed by atoms with Crippen molar-refractivity contribution >= 4 is 11.7 Å². The molecule has 1 aliphatic carbocycles. The molecule has 7 nitrogen and oxygen atoms in total. The van der Waals surface area contributed by atoms with E-state index in [4.69, 9.17) is 9.57 Å². The van der Waals surface area contributed by atoms with Gasteiger partial charge in [-0.05, 0) is 20.8 Å². The minimum Gasteiger partial charge on any atom is -0.463 e. The van der Waals surface area contributed by atoms with Crippen LogP contribution in [0, 0.1) is 10.1 Å². The van der Waals surface area contributed by atoms with E-state index in [0.29, 0.717) is 5.56 Å². The number of nitrogens with zero attached hydrogens (tertiary/aromatic N) is 2. The van der Waals surface area contributed by atoms with Crippen molar-refractivity contribution in [3.63, 3.8) is 0 Å². The normalized spacial score (nSPS) is 28.0. The summed E-state index contributed by atoms with van der Waals surface area (Å²) in [5.74, 6) is -0.742. The second-order valence-corrected chi connectivity index (χ2v) is 6.48. The maximum absolute atomic E-state index is 12.8. The summed E-state index contributed by atoms with van der Waals surface area (Å²) >= 11 is 0. The third-order valence-corrected chi connectivity index (χ3v) is 5.08. The molecule has 0 N–H and O–H groups in total. The smallest absolute Gasteiger partial charge is 0.362 e. The van der Waals surface area contributed by atoms with Crippen molar-refractivity contribution < 1.29 is 19.3 Å². The van der Waals surface area contributed by atoms with Gasteiger partial charge in [-0.1, -0.05) is 46.6 Å². The topological polar surface area (TPSA) is 91.0 Å². The Morgan fingerprint density at radius 2 is 1.92 bits per heavy atom. The van der Waals surface area contributed by atoms with Crippen molar-refractivity contribution in [2.24, 2.45) is 5.16 Å². The first-order valence-corrected chi connectivity index (χ1v) is 8.18. The number of oxime groups is 1. The van der Waals surface area contributed by atoms with Crippen LogP contribution in [0.3, 0.4) is 0 Å². The van der Waals surface area contributed by atoms with Crippen LogP contribution in [0.1, 0.15) is 39.2 Å². The molecule has 1 heterocycles. The Kier molecular flexibility index (Phi) is 4.10. The number of ether oxygens (including phenoxy) is 1. The molecule has 0 saturated heterocycles. The highest BCUT2D eigenvalue weighted by molar-refractivity contribution is 6.12. The van der Waals surface area contributed by atoms with Crippen LogP contribution >= 0.6 is 0 Å². The number of rotatable bonds is 4. The first-order chi connectivity index (χ1) is 11.9. The Morgan fingerprint density at radius 3 is 2.52 bits per heavy atom. The molecule has 0 spiro atoms. The van der Waals surface area contributed by atoms with Gasteiger partial charge >= 0.3 is 17.1 Å². The average Bonchev–Trinajstić information content (AvgIpc) is 2.93. The van der Waals surface area contributed by atoms with Gasteiger partial charge in [0.1, 0.15) is 0 Å². The van der Waals surface area contributed by atoms with Crippen molar-refractivity contribution in [2.75, 3.05) is 6.61 Å². The zero-order valence-electron chi connectivity index (χ0n) is 14.4. The molecule has 2 aliphatic rings. The zero-order chi connectivity index (χ0) is 18.2. The van der Waals surface area contributed by atoms with Crippen LogP contribution in [-0.4, -0.2) is 34.4 Å². The molecule has 3 rings (SSSR count). The fraction of sp³-hybridized carbons (Fsp3) is 0.444. The first kappa shape index (κ1) is 17.1. The third kappa shape index (κ3) is 2.26. The lowest BCUT2D eigenvalue weighted by Gasteiger charge is -2.39. The van der Waals surface area contributed by atoms with Gasteiger partial charge in [-0.25, -0.2) is 4.79 Å². The van der Waals surface area contributed by atoms with E-state index >= 15 is 0 Å². The van der Waals surface area contributed by atoms with Gasteiger partial charge in [0.25, 0.3) is 0 Å². The molecular formula is C18H20N2O5. The number of nitro groups is 1. The van der Waals surface area contributed by atoms with Crippen LogP contribution in [0.2, 0.25) is 0 Å². The molecule has 1 aromatic carbocycles. The molecule has 0 saturated carbocycles. The molecule has 0 aromatic heterocycles. The number of carbonyl (C=O) groups is 1. The van der Waals surface area contributed by atoms with Crippen LogP contribution in [0.4, 0.5) is 0 Å². The Labute approximate surface area is 145 Å². The van der Waals surface area contributed by atoms with E-state index in [9.17, 15) is 14.9 Å². The first-order valence-electron chi connectivity index (χ1n) is 8.18. The van der Waals surface area contributed by atoms with Gasteiger partial charge in [0, 0.05) is 16.9 Å². The van der Waals surface area contributed by atoms with Crippen LogP contribution in [0.5, 0.6) is 0 Å². The molecule has 1 aliphatic heterocycles. The van der Waals surface area contributed by atoms with Gasteiger partial charge < -0.3 is 9.57 Å². The molecule has 2 atom stereocenters. The molecule has 132 valence electrons. The van der Waals surface area contributed by atoms with Crippen molar-refractivity contribution in [2.45, 2.75) is 44.8 Å². The van der Waals surface area contributed by atoms with Gasteiger partial charge in [0.2, 0.25) is 0 Å². The van der Waals surface area contributed by atoms with Crippen molar-refractivity contribution in [3.8, 4) is 0 Å². The van der Waals surface area contributed by atoms with Gasteiger partial charge in [0.15, 0.2) is 5.71 Å². The number of hydrogen-bond donors (Lipinski definition) is 0. The quantitative estimate of drug-likeness (QED) is 0.362. The predicted octanol–water partition coefficient (Wildman–Crippen LogP) is 2.87. The van der Waals surface area contributed by atoms with Crippen LogP contribution in [-0.2, 0) is 14.4 Å². The lowest BCUT2D eigenvalue weighted by Crippen LogP contribution is -2.67. The highest BCUT2D eigenvalue weighted by atomic mass is 16.7. The molecule has 25 heavy (non-hydrogen) atoms.